The molecule has 19 heavy (non-hydrogen) atoms. The predicted molar refractivity (Wildman–Crippen MR) is 61.8 cm³/mol. The molecule has 1 aromatic rings. The molecule has 1 atom stereocenters. The number of halogens is 3. The summed E-state index contributed by atoms with van der Waals surface area (Å²) in [6.07, 6.45) is -4.86. The van der Waals surface area contributed by atoms with Gasteiger partial charge in [0.05, 0.1) is 0 Å². The number of hydrogen-bond acceptors (Lipinski definition) is 3. The molecular weight excluding hydrogens is 263 g/mol. The van der Waals surface area contributed by atoms with E-state index in [1.807, 2.05) is 0 Å². The molecule has 7 heteroatoms. The molecule has 1 unspecified atom stereocenters. The predicted octanol–water partition coefficient (Wildman–Crippen LogP) is 2.71. The van der Waals surface area contributed by atoms with Crippen molar-refractivity contribution in [3.8, 4) is 5.75 Å². The summed E-state index contributed by atoms with van der Waals surface area (Å²) in [6.45, 7) is 3.40. The van der Waals surface area contributed by atoms with Gasteiger partial charge in [-0.15, -0.1) is 13.2 Å². The maximum atomic E-state index is 12.3. The minimum Gasteiger partial charge on any atom is -0.480 e. The van der Waals surface area contributed by atoms with Gasteiger partial charge in [-0.3, -0.25) is 10.1 Å². The Bertz CT molecular complexity index is 446. The molecule has 0 saturated heterocycles. The lowest BCUT2D eigenvalue weighted by Gasteiger charge is -2.21. The molecule has 0 heterocycles. The van der Waals surface area contributed by atoms with Crippen LogP contribution in [0.1, 0.15) is 25.5 Å². The molecule has 0 aromatic heterocycles. The van der Waals surface area contributed by atoms with E-state index in [0.717, 1.165) is 6.07 Å². The number of ether oxygens (including phenoxy) is 1. The standard InChI is InChI=1S/C12H14F3NO3/c1-7(2)16-10(11(17)18)8-5-3-4-6-9(8)19-12(13,14)15/h3-7,10,16H,1-2H3,(H,17,18). The highest BCUT2D eigenvalue weighted by molar-refractivity contribution is 5.76. The van der Waals surface area contributed by atoms with E-state index in [9.17, 15) is 18.0 Å². The molecule has 4 nitrogen and oxygen atoms in total. The van der Waals surface area contributed by atoms with Crippen molar-refractivity contribution in [1.82, 2.24) is 5.32 Å². The van der Waals surface area contributed by atoms with Gasteiger partial charge in [-0.25, -0.2) is 0 Å². The van der Waals surface area contributed by atoms with Crippen LogP contribution in [0.15, 0.2) is 24.3 Å². The Morgan fingerprint density at radius 3 is 2.37 bits per heavy atom. The van der Waals surface area contributed by atoms with E-state index in [4.69, 9.17) is 5.11 Å². The van der Waals surface area contributed by atoms with Gasteiger partial charge in [0.2, 0.25) is 0 Å². The van der Waals surface area contributed by atoms with Crippen LogP contribution < -0.4 is 10.1 Å². The second-order valence-electron chi connectivity index (χ2n) is 4.18. The molecule has 0 amide bonds. The largest absolute Gasteiger partial charge is 0.573 e. The maximum absolute atomic E-state index is 12.3. The summed E-state index contributed by atoms with van der Waals surface area (Å²) < 4.78 is 40.6. The van der Waals surface area contributed by atoms with Crippen molar-refractivity contribution in [2.45, 2.75) is 32.3 Å². The van der Waals surface area contributed by atoms with Gasteiger partial charge in [-0.2, -0.15) is 0 Å². The van der Waals surface area contributed by atoms with Crippen LogP contribution in [0.25, 0.3) is 0 Å². The van der Waals surface area contributed by atoms with E-state index in [2.05, 4.69) is 10.1 Å². The number of hydrogen-bond donors (Lipinski definition) is 2. The van der Waals surface area contributed by atoms with Gasteiger partial charge in [0.1, 0.15) is 11.8 Å². The van der Waals surface area contributed by atoms with Gasteiger partial charge in [-0.1, -0.05) is 18.2 Å². The number of carbonyl (C=O) groups is 1. The number of rotatable bonds is 5. The average molecular weight is 277 g/mol. The van der Waals surface area contributed by atoms with Gasteiger partial charge in [0.15, 0.2) is 0 Å². The summed E-state index contributed by atoms with van der Waals surface area (Å²) in [6, 6.07) is 3.70. The Kier molecular flexibility index (Phi) is 4.77. The van der Waals surface area contributed by atoms with E-state index >= 15 is 0 Å². The summed E-state index contributed by atoms with van der Waals surface area (Å²) >= 11 is 0. The monoisotopic (exact) mass is 277 g/mol. The quantitative estimate of drug-likeness (QED) is 0.868. The number of alkyl halides is 3. The molecule has 2 N–H and O–H groups in total. The minimum absolute atomic E-state index is 0.0685. The minimum atomic E-state index is -4.86. The number of aliphatic carboxylic acids is 1. The second-order valence-corrected chi connectivity index (χ2v) is 4.18. The molecule has 1 rings (SSSR count). The van der Waals surface area contributed by atoms with Crippen molar-refractivity contribution >= 4 is 5.97 Å². The lowest BCUT2D eigenvalue weighted by molar-refractivity contribution is -0.275. The van der Waals surface area contributed by atoms with Crippen LogP contribution in [0.2, 0.25) is 0 Å². The van der Waals surface area contributed by atoms with Crippen LogP contribution in [0.3, 0.4) is 0 Å². The van der Waals surface area contributed by atoms with Crippen molar-refractivity contribution in [1.29, 1.82) is 0 Å². The topological polar surface area (TPSA) is 58.6 Å². The zero-order valence-corrected chi connectivity index (χ0v) is 10.4. The lowest BCUT2D eigenvalue weighted by Crippen LogP contribution is -2.34. The molecule has 0 saturated carbocycles. The molecular formula is C12H14F3NO3. The van der Waals surface area contributed by atoms with Crippen LogP contribution in [-0.2, 0) is 4.79 Å². The summed E-state index contributed by atoms with van der Waals surface area (Å²) in [5.74, 6) is -1.79. The van der Waals surface area contributed by atoms with E-state index in [-0.39, 0.29) is 11.6 Å². The molecule has 0 bridgehead atoms. The van der Waals surface area contributed by atoms with Crippen molar-refractivity contribution in [2.24, 2.45) is 0 Å². The van der Waals surface area contributed by atoms with Gasteiger partial charge in [0, 0.05) is 11.6 Å². The third-order valence-corrected chi connectivity index (χ3v) is 2.20. The fraction of sp³-hybridized carbons (Fsp3) is 0.417. The smallest absolute Gasteiger partial charge is 0.480 e. The summed E-state index contributed by atoms with van der Waals surface area (Å²) in [5, 5.41) is 11.8. The van der Waals surface area contributed by atoms with Crippen LogP contribution in [-0.4, -0.2) is 23.5 Å². The number of carboxylic acid groups (broad SMARTS) is 1. The van der Waals surface area contributed by atoms with Crippen LogP contribution in [0.5, 0.6) is 5.75 Å². The van der Waals surface area contributed by atoms with E-state index in [1.54, 1.807) is 13.8 Å². The highest BCUT2D eigenvalue weighted by atomic mass is 19.4. The maximum Gasteiger partial charge on any atom is 0.573 e. The van der Waals surface area contributed by atoms with Crippen molar-refractivity contribution < 1.29 is 27.8 Å². The number of carboxylic acids is 1. The Morgan fingerprint density at radius 2 is 1.89 bits per heavy atom. The third kappa shape index (κ3) is 4.78. The Balaban J connectivity index is 3.12. The zero-order chi connectivity index (χ0) is 14.6. The van der Waals surface area contributed by atoms with Gasteiger partial charge in [-0.05, 0) is 19.9 Å². The highest BCUT2D eigenvalue weighted by Gasteiger charge is 2.34. The third-order valence-electron chi connectivity index (χ3n) is 2.20. The number of nitrogens with one attached hydrogen (secondary N) is 1. The van der Waals surface area contributed by atoms with Gasteiger partial charge < -0.3 is 9.84 Å². The number of benzene rings is 1. The van der Waals surface area contributed by atoms with E-state index < -0.39 is 24.1 Å². The molecule has 0 fully saturated rings. The molecule has 106 valence electrons. The SMILES string of the molecule is CC(C)NC(C(=O)O)c1ccccc1OC(F)(F)F. The Hall–Kier alpha value is -1.76. The van der Waals surface area contributed by atoms with Crippen LogP contribution in [0, 0.1) is 0 Å². The first-order chi connectivity index (χ1) is 8.70. The Morgan fingerprint density at radius 1 is 1.32 bits per heavy atom. The molecule has 0 radical (unpaired) electrons. The fourth-order valence-electron chi connectivity index (χ4n) is 1.56. The summed E-state index contributed by atoms with van der Waals surface area (Å²) in [7, 11) is 0. The molecule has 0 spiro atoms. The Labute approximate surface area is 108 Å². The average Bonchev–Trinajstić information content (AvgIpc) is 2.24. The number of para-hydroxylation sites is 1. The summed E-state index contributed by atoms with van der Waals surface area (Å²) in [5.41, 5.74) is -0.0685. The highest BCUT2D eigenvalue weighted by Crippen LogP contribution is 2.30. The van der Waals surface area contributed by atoms with Crippen molar-refractivity contribution in [3.63, 3.8) is 0 Å². The van der Waals surface area contributed by atoms with Gasteiger partial charge in [0.25, 0.3) is 0 Å². The van der Waals surface area contributed by atoms with Crippen molar-refractivity contribution in [2.75, 3.05) is 0 Å². The zero-order valence-electron chi connectivity index (χ0n) is 10.4. The molecule has 0 aliphatic carbocycles. The van der Waals surface area contributed by atoms with E-state index in [0.29, 0.717) is 0 Å². The second kappa shape index (κ2) is 5.92. The van der Waals surface area contributed by atoms with E-state index in [1.165, 1.54) is 18.2 Å². The normalized spacial score (nSPS) is 13.4. The first-order valence-corrected chi connectivity index (χ1v) is 5.54. The first kappa shape index (κ1) is 15.3. The first-order valence-electron chi connectivity index (χ1n) is 5.54. The van der Waals surface area contributed by atoms with Crippen LogP contribution >= 0.6 is 0 Å². The lowest BCUT2D eigenvalue weighted by atomic mass is 10.1. The molecule has 1 aromatic carbocycles. The van der Waals surface area contributed by atoms with Gasteiger partial charge >= 0.3 is 12.3 Å². The molecule has 0 aliphatic rings. The van der Waals surface area contributed by atoms with Crippen molar-refractivity contribution in [3.05, 3.63) is 29.8 Å². The molecule has 0 aliphatic heterocycles. The fourth-order valence-corrected chi connectivity index (χ4v) is 1.56. The van der Waals surface area contributed by atoms with Crippen LogP contribution in [0.4, 0.5) is 13.2 Å². The summed E-state index contributed by atoms with van der Waals surface area (Å²) in [4.78, 5) is 11.2.